The van der Waals surface area contributed by atoms with Crippen molar-refractivity contribution in [3.8, 4) is 0 Å². The third-order valence-electron chi connectivity index (χ3n) is 10.2. The van der Waals surface area contributed by atoms with Crippen molar-refractivity contribution in [3.05, 3.63) is 35.9 Å². The highest BCUT2D eigenvalue weighted by atomic mass is 32.2. The summed E-state index contributed by atoms with van der Waals surface area (Å²) in [6.45, 7) is 4.64. The van der Waals surface area contributed by atoms with Crippen molar-refractivity contribution < 1.29 is 58.5 Å². The second-order valence-corrected chi connectivity index (χ2v) is 16.8. The summed E-state index contributed by atoms with van der Waals surface area (Å²) in [4.78, 5) is 119. The number of nitrogens with two attached hydrogens (primary N) is 2. The average molecular weight is 908 g/mol. The molecule has 0 saturated carbocycles. The fraction of sp³-hybridized carbons (Fsp3) is 0.634. The van der Waals surface area contributed by atoms with Gasteiger partial charge in [0.1, 0.15) is 42.3 Å². The number of aliphatic hydroxyl groups excluding tert-OH is 1. The minimum Gasteiger partial charge on any atom is -0.481 e. The Morgan fingerprint density at radius 2 is 1.43 bits per heavy atom. The Balaban J connectivity index is 2.32. The standard InChI is InChI=1S/C41H65N9O12S/c1-23(2)19-28(48-38(58)31-14-10-17-50(31)40(60)30(21-33(53)54)49-39(59)34(43)24(3)51)36(56)47-29(20-25-11-6-5-7-12-25)37(57)46-26(13-8-9-16-42)35(55)44-22-32(52)45-27(41(61)62)15-18-63-4/h5-7,11-12,23-24,26-31,34,51H,8-10,13-22,42-43H2,1-4H3,(H,44,55)(H,45,52)(H,46,57)(H,47,56)(H,48,58)(H,49,59)(H,53,54)(H,61,62)/t24-,26+,27+,28+,29+,30+,31+,34+/m1/s1. The summed E-state index contributed by atoms with van der Waals surface area (Å²) in [5.74, 6) is -7.87. The molecule has 0 aliphatic carbocycles. The Kier molecular flexibility index (Phi) is 23.6. The Bertz CT molecular complexity index is 1720. The number of carbonyl (C=O) groups excluding carboxylic acids is 7. The van der Waals surface area contributed by atoms with E-state index in [0.717, 1.165) is 4.90 Å². The van der Waals surface area contributed by atoms with Gasteiger partial charge in [0.2, 0.25) is 41.4 Å². The van der Waals surface area contributed by atoms with E-state index in [1.807, 2.05) is 0 Å². The number of carbonyl (C=O) groups is 9. The molecule has 0 bridgehead atoms. The summed E-state index contributed by atoms with van der Waals surface area (Å²) in [7, 11) is 0. The zero-order valence-corrected chi connectivity index (χ0v) is 37.1. The molecule has 13 N–H and O–H groups in total. The van der Waals surface area contributed by atoms with Gasteiger partial charge in [0.25, 0.3) is 0 Å². The fourth-order valence-corrected chi connectivity index (χ4v) is 7.20. The van der Waals surface area contributed by atoms with Crippen LogP contribution in [-0.4, -0.2) is 154 Å². The smallest absolute Gasteiger partial charge is 0.326 e. The lowest BCUT2D eigenvalue weighted by atomic mass is 10.00. The first-order valence-corrected chi connectivity index (χ1v) is 22.4. The number of benzene rings is 1. The van der Waals surface area contributed by atoms with Gasteiger partial charge in [-0.25, -0.2) is 4.79 Å². The highest BCUT2D eigenvalue weighted by Gasteiger charge is 2.40. The van der Waals surface area contributed by atoms with E-state index in [4.69, 9.17) is 11.5 Å². The first-order valence-electron chi connectivity index (χ1n) is 21.0. The number of nitrogens with zero attached hydrogens (tertiary/aromatic N) is 1. The molecule has 1 saturated heterocycles. The molecule has 1 aromatic carbocycles. The van der Waals surface area contributed by atoms with Gasteiger partial charge in [-0.1, -0.05) is 44.2 Å². The number of aliphatic carboxylic acids is 2. The molecule has 2 rings (SSSR count). The third kappa shape index (κ3) is 18.9. The quantitative estimate of drug-likeness (QED) is 0.0404. The van der Waals surface area contributed by atoms with Gasteiger partial charge >= 0.3 is 11.9 Å². The molecule has 0 radical (unpaired) electrons. The molecule has 0 unspecified atom stereocenters. The molecule has 1 fully saturated rings. The Morgan fingerprint density at radius 1 is 0.794 bits per heavy atom. The summed E-state index contributed by atoms with van der Waals surface area (Å²) >= 11 is 1.41. The first-order chi connectivity index (χ1) is 29.8. The van der Waals surface area contributed by atoms with E-state index in [0.29, 0.717) is 37.1 Å². The Hall–Kier alpha value is -5.32. The Labute approximate surface area is 371 Å². The minimum absolute atomic E-state index is 0.0345. The van der Waals surface area contributed by atoms with Gasteiger partial charge in [0.05, 0.1) is 19.1 Å². The minimum atomic E-state index is -1.61. The molecule has 1 aromatic rings. The SMILES string of the molecule is CSCC[C@H](NC(=O)CNC(=O)[C@H](CCCCN)NC(=O)[C@H](Cc1ccccc1)NC(=O)[C@H](CC(C)C)NC(=O)[C@@H]1CCCN1C(=O)[C@H](CC(=O)O)NC(=O)[C@@H](N)[C@@H](C)O)C(=O)O. The van der Waals surface area contributed by atoms with Crippen LogP contribution in [0.25, 0.3) is 0 Å². The number of rotatable bonds is 28. The van der Waals surface area contributed by atoms with Crippen molar-refractivity contribution in [2.24, 2.45) is 17.4 Å². The molecule has 1 aliphatic rings. The van der Waals surface area contributed by atoms with E-state index in [-0.39, 0.29) is 44.6 Å². The number of unbranched alkanes of at least 4 members (excludes halogenated alkanes) is 1. The molecule has 1 heterocycles. The number of amides is 7. The van der Waals surface area contributed by atoms with Gasteiger partial charge in [0, 0.05) is 13.0 Å². The summed E-state index contributed by atoms with van der Waals surface area (Å²) in [6.07, 6.45) is 1.42. The molecule has 0 spiro atoms. The molecule has 7 amide bonds. The number of carboxylic acid groups (broad SMARTS) is 2. The maximum absolute atomic E-state index is 14.1. The van der Waals surface area contributed by atoms with Crippen LogP contribution in [-0.2, 0) is 49.6 Å². The maximum atomic E-state index is 14.1. The van der Waals surface area contributed by atoms with Gasteiger partial charge in [-0.2, -0.15) is 11.8 Å². The van der Waals surface area contributed by atoms with Crippen LogP contribution in [0.15, 0.2) is 30.3 Å². The topological polar surface area (TPSA) is 342 Å². The van der Waals surface area contributed by atoms with Crippen LogP contribution in [0.5, 0.6) is 0 Å². The number of carboxylic acids is 2. The summed E-state index contributed by atoms with van der Waals surface area (Å²) in [6, 6.07) is -0.381. The third-order valence-corrected chi connectivity index (χ3v) is 10.8. The second-order valence-electron chi connectivity index (χ2n) is 15.9. The van der Waals surface area contributed by atoms with Crippen molar-refractivity contribution in [2.45, 2.75) is 127 Å². The fourth-order valence-electron chi connectivity index (χ4n) is 6.73. The highest BCUT2D eigenvalue weighted by molar-refractivity contribution is 7.98. The molecule has 1 aliphatic heterocycles. The van der Waals surface area contributed by atoms with E-state index in [9.17, 15) is 58.5 Å². The lowest BCUT2D eigenvalue weighted by Crippen LogP contribution is -2.60. The van der Waals surface area contributed by atoms with Crippen LogP contribution in [0.3, 0.4) is 0 Å². The normalized spacial score (nSPS) is 16.9. The lowest BCUT2D eigenvalue weighted by Gasteiger charge is -2.30. The van der Waals surface area contributed by atoms with E-state index < -0.39 is 115 Å². The van der Waals surface area contributed by atoms with Crippen LogP contribution in [0.4, 0.5) is 0 Å². The maximum Gasteiger partial charge on any atom is 0.326 e. The van der Waals surface area contributed by atoms with Gasteiger partial charge in [-0.3, -0.25) is 38.4 Å². The van der Waals surface area contributed by atoms with Gasteiger partial charge in [0.15, 0.2) is 0 Å². The van der Waals surface area contributed by atoms with E-state index in [1.54, 1.807) is 50.4 Å². The molecular formula is C41H65N9O12S. The molecule has 21 nitrogen and oxygen atoms in total. The predicted molar refractivity (Wildman–Crippen MR) is 232 cm³/mol. The largest absolute Gasteiger partial charge is 0.481 e. The van der Waals surface area contributed by atoms with Crippen molar-refractivity contribution in [2.75, 3.05) is 31.6 Å². The summed E-state index contributed by atoms with van der Waals surface area (Å²) in [5.41, 5.74) is 12.0. The van der Waals surface area contributed by atoms with Gasteiger partial charge in [-0.05, 0) is 81.9 Å². The zero-order chi connectivity index (χ0) is 47.2. The molecule has 352 valence electrons. The van der Waals surface area contributed by atoms with Crippen LogP contribution < -0.4 is 43.4 Å². The number of likely N-dealkylation sites (tertiary alicyclic amines) is 1. The highest BCUT2D eigenvalue weighted by Crippen LogP contribution is 2.21. The first kappa shape index (κ1) is 53.8. The summed E-state index contributed by atoms with van der Waals surface area (Å²) < 4.78 is 0. The van der Waals surface area contributed by atoms with Crippen LogP contribution in [0.1, 0.15) is 77.7 Å². The van der Waals surface area contributed by atoms with Crippen LogP contribution >= 0.6 is 11.8 Å². The zero-order valence-electron chi connectivity index (χ0n) is 36.3. The number of aliphatic hydroxyl groups is 1. The van der Waals surface area contributed by atoms with Gasteiger partial charge < -0.3 is 63.6 Å². The molecular weight excluding hydrogens is 843 g/mol. The van der Waals surface area contributed by atoms with E-state index in [1.165, 1.54) is 18.7 Å². The van der Waals surface area contributed by atoms with E-state index in [2.05, 4.69) is 31.9 Å². The molecule has 0 aromatic heterocycles. The number of hydrogen-bond donors (Lipinski definition) is 11. The second kappa shape index (κ2) is 27.7. The Morgan fingerprint density at radius 3 is 2.02 bits per heavy atom. The van der Waals surface area contributed by atoms with Crippen LogP contribution in [0.2, 0.25) is 0 Å². The van der Waals surface area contributed by atoms with Crippen molar-refractivity contribution >= 4 is 65.1 Å². The van der Waals surface area contributed by atoms with Gasteiger partial charge in [-0.15, -0.1) is 0 Å². The van der Waals surface area contributed by atoms with Crippen molar-refractivity contribution in [3.63, 3.8) is 0 Å². The molecule has 8 atom stereocenters. The molecule has 22 heteroatoms. The summed E-state index contributed by atoms with van der Waals surface area (Å²) in [5, 5.41) is 43.9. The predicted octanol–water partition coefficient (Wildman–Crippen LogP) is -2.04. The monoisotopic (exact) mass is 907 g/mol. The lowest BCUT2D eigenvalue weighted by molar-refractivity contribution is -0.146. The van der Waals surface area contributed by atoms with Crippen molar-refractivity contribution in [1.82, 2.24) is 36.8 Å². The van der Waals surface area contributed by atoms with E-state index >= 15 is 0 Å². The average Bonchev–Trinajstić information content (AvgIpc) is 3.73. The van der Waals surface area contributed by atoms with Crippen molar-refractivity contribution in [1.29, 1.82) is 0 Å². The number of thioether (sulfide) groups is 1. The number of nitrogens with one attached hydrogen (secondary N) is 6. The number of hydrogen-bond acceptors (Lipinski definition) is 13. The molecule has 63 heavy (non-hydrogen) atoms. The van der Waals surface area contributed by atoms with Crippen LogP contribution in [0, 0.1) is 5.92 Å².